The highest BCUT2D eigenvalue weighted by Gasteiger charge is 2.25. The van der Waals surface area contributed by atoms with Gasteiger partial charge in [-0.1, -0.05) is 29.0 Å². The van der Waals surface area contributed by atoms with Crippen molar-refractivity contribution in [3.63, 3.8) is 0 Å². The van der Waals surface area contributed by atoms with E-state index in [2.05, 4.69) is 51.1 Å². The highest BCUT2D eigenvalue weighted by atomic mass is 79.9. The lowest BCUT2D eigenvalue weighted by atomic mass is 10.1. The van der Waals surface area contributed by atoms with Gasteiger partial charge in [-0.3, -0.25) is 0 Å². The second-order valence-electron chi connectivity index (χ2n) is 4.29. The molecule has 0 aliphatic heterocycles. The quantitative estimate of drug-likeness (QED) is 0.498. The number of aromatic nitrogens is 3. The molecule has 84 valence electrons. The smallest absolute Gasteiger partial charge is 0.213 e. The lowest BCUT2D eigenvalue weighted by Gasteiger charge is -1.99. The van der Waals surface area contributed by atoms with E-state index >= 15 is 0 Å². The van der Waals surface area contributed by atoms with Crippen molar-refractivity contribution in [2.45, 2.75) is 13.3 Å². The van der Waals surface area contributed by atoms with Gasteiger partial charge in [-0.25, -0.2) is 9.50 Å². The molecular formula is C12H8BrN3S. The minimum atomic E-state index is 0.884. The highest BCUT2D eigenvalue weighted by molar-refractivity contribution is 9.11. The topological polar surface area (TPSA) is 30.2 Å². The van der Waals surface area contributed by atoms with Crippen molar-refractivity contribution in [3.05, 3.63) is 38.9 Å². The van der Waals surface area contributed by atoms with E-state index in [4.69, 9.17) is 0 Å². The molecule has 17 heavy (non-hydrogen) atoms. The molecule has 1 aromatic carbocycles. The highest BCUT2D eigenvalue weighted by Crippen LogP contribution is 2.38. The van der Waals surface area contributed by atoms with Crippen molar-refractivity contribution in [2.75, 3.05) is 0 Å². The van der Waals surface area contributed by atoms with Gasteiger partial charge in [-0.2, -0.15) is 0 Å². The molecule has 3 aromatic rings. The lowest BCUT2D eigenvalue weighted by Crippen LogP contribution is -1.91. The maximum Gasteiger partial charge on any atom is 0.213 e. The number of imidazole rings is 1. The first-order chi connectivity index (χ1) is 8.22. The van der Waals surface area contributed by atoms with Crippen LogP contribution in [0.5, 0.6) is 0 Å². The number of nitrogens with zero attached hydrogens (tertiary/aromatic N) is 3. The lowest BCUT2D eigenvalue weighted by molar-refractivity contribution is 0.897. The number of aryl methyl sites for hydroxylation is 1. The minimum absolute atomic E-state index is 0.884. The summed E-state index contributed by atoms with van der Waals surface area (Å²) in [5, 5.41) is 4.44. The molecule has 0 saturated carbocycles. The van der Waals surface area contributed by atoms with Gasteiger partial charge < -0.3 is 0 Å². The molecule has 2 aromatic heterocycles. The average Bonchev–Trinajstić information content (AvgIpc) is 2.88. The van der Waals surface area contributed by atoms with Crippen molar-refractivity contribution in [1.29, 1.82) is 0 Å². The number of benzene rings is 1. The molecule has 0 unspecified atom stereocenters. The SMILES string of the molecule is Cc1ccc2c(c1)-c1nc3sc(Br)nn3c1C2. The van der Waals surface area contributed by atoms with Crippen LogP contribution < -0.4 is 0 Å². The Hall–Kier alpha value is -1.20. The number of rotatable bonds is 0. The maximum absolute atomic E-state index is 4.69. The van der Waals surface area contributed by atoms with Gasteiger partial charge in [0, 0.05) is 12.0 Å². The van der Waals surface area contributed by atoms with Crippen LogP contribution in [0.2, 0.25) is 0 Å². The van der Waals surface area contributed by atoms with Crippen LogP contribution in [0.3, 0.4) is 0 Å². The van der Waals surface area contributed by atoms with Crippen molar-refractivity contribution >= 4 is 32.2 Å². The number of hydrogen-bond acceptors (Lipinski definition) is 3. The summed E-state index contributed by atoms with van der Waals surface area (Å²) in [5.74, 6) is 0. The standard InChI is InChI=1S/C12H8BrN3S/c1-6-2-3-7-5-9-10(8(7)4-6)14-12-16(9)15-11(13)17-12/h2-4H,5H2,1H3. The van der Waals surface area contributed by atoms with Crippen LogP contribution >= 0.6 is 27.3 Å². The zero-order valence-corrected chi connectivity index (χ0v) is 11.5. The molecular weight excluding hydrogens is 298 g/mol. The Morgan fingerprint density at radius 1 is 1.41 bits per heavy atom. The Morgan fingerprint density at radius 3 is 3.18 bits per heavy atom. The molecule has 0 atom stereocenters. The molecule has 0 bridgehead atoms. The third kappa shape index (κ3) is 1.26. The first-order valence-corrected chi connectivity index (χ1v) is 6.97. The molecule has 3 nitrogen and oxygen atoms in total. The van der Waals surface area contributed by atoms with Crippen LogP contribution in [-0.2, 0) is 6.42 Å². The molecule has 0 spiro atoms. The average molecular weight is 306 g/mol. The van der Waals surface area contributed by atoms with Gasteiger partial charge >= 0.3 is 0 Å². The largest absolute Gasteiger partial charge is 0.217 e. The van der Waals surface area contributed by atoms with E-state index in [1.165, 1.54) is 22.4 Å². The summed E-state index contributed by atoms with van der Waals surface area (Å²) in [7, 11) is 0. The van der Waals surface area contributed by atoms with Gasteiger partial charge in [-0.05, 0) is 34.5 Å². The first kappa shape index (κ1) is 9.79. The van der Waals surface area contributed by atoms with Gasteiger partial charge in [0.1, 0.15) is 0 Å². The minimum Gasteiger partial charge on any atom is -0.217 e. The fourth-order valence-corrected chi connectivity index (χ4v) is 3.63. The summed E-state index contributed by atoms with van der Waals surface area (Å²) in [6.07, 6.45) is 0.933. The van der Waals surface area contributed by atoms with Gasteiger partial charge in [0.05, 0.1) is 11.4 Å². The van der Waals surface area contributed by atoms with E-state index in [9.17, 15) is 0 Å². The predicted molar refractivity (Wildman–Crippen MR) is 71.5 cm³/mol. The summed E-state index contributed by atoms with van der Waals surface area (Å²) in [5.41, 5.74) is 6.22. The Bertz CT molecular complexity index is 757. The van der Waals surface area contributed by atoms with Gasteiger partial charge in [-0.15, -0.1) is 5.10 Å². The first-order valence-electron chi connectivity index (χ1n) is 5.36. The third-order valence-corrected chi connectivity index (χ3v) is 4.49. The third-order valence-electron chi connectivity index (χ3n) is 3.15. The fraction of sp³-hybridized carbons (Fsp3) is 0.167. The van der Waals surface area contributed by atoms with Crippen LogP contribution in [-0.4, -0.2) is 14.6 Å². The summed E-state index contributed by atoms with van der Waals surface area (Å²) in [4.78, 5) is 5.65. The molecule has 1 aliphatic rings. The molecule has 0 fully saturated rings. The monoisotopic (exact) mass is 305 g/mol. The number of halogens is 1. The van der Waals surface area contributed by atoms with Crippen molar-refractivity contribution in [3.8, 4) is 11.3 Å². The molecule has 4 rings (SSSR count). The van der Waals surface area contributed by atoms with Crippen molar-refractivity contribution < 1.29 is 0 Å². The molecule has 1 aliphatic carbocycles. The summed E-state index contributed by atoms with van der Waals surface area (Å²) >= 11 is 4.98. The molecule has 2 heterocycles. The van der Waals surface area contributed by atoms with E-state index in [1.54, 1.807) is 11.3 Å². The van der Waals surface area contributed by atoms with E-state index < -0.39 is 0 Å². The second kappa shape index (κ2) is 3.17. The van der Waals surface area contributed by atoms with Crippen LogP contribution in [0.25, 0.3) is 16.2 Å². The van der Waals surface area contributed by atoms with Crippen LogP contribution in [0.1, 0.15) is 16.8 Å². The molecule has 0 N–H and O–H groups in total. The van der Waals surface area contributed by atoms with Crippen molar-refractivity contribution in [2.24, 2.45) is 0 Å². The Morgan fingerprint density at radius 2 is 2.29 bits per heavy atom. The summed E-state index contributed by atoms with van der Waals surface area (Å²) < 4.78 is 2.84. The van der Waals surface area contributed by atoms with Gasteiger partial charge in [0.15, 0.2) is 3.92 Å². The summed E-state index contributed by atoms with van der Waals surface area (Å²) in [6.45, 7) is 2.12. The Labute approximate surface area is 110 Å². The van der Waals surface area contributed by atoms with E-state index in [-0.39, 0.29) is 0 Å². The fourth-order valence-electron chi connectivity index (χ4n) is 2.39. The second-order valence-corrected chi connectivity index (χ2v) is 6.53. The van der Waals surface area contributed by atoms with E-state index in [0.29, 0.717) is 0 Å². The zero-order valence-electron chi connectivity index (χ0n) is 9.07. The number of hydrogen-bond donors (Lipinski definition) is 0. The van der Waals surface area contributed by atoms with Gasteiger partial charge in [0.2, 0.25) is 4.96 Å². The van der Waals surface area contributed by atoms with Crippen LogP contribution in [0, 0.1) is 6.92 Å². The molecule has 0 amide bonds. The normalized spacial score (nSPS) is 13.1. The Balaban J connectivity index is 2.05. The van der Waals surface area contributed by atoms with Crippen LogP contribution in [0.15, 0.2) is 22.1 Å². The zero-order chi connectivity index (χ0) is 11.6. The van der Waals surface area contributed by atoms with E-state index in [0.717, 1.165) is 21.0 Å². The molecule has 0 radical (unpaired) electrons. The molecule has 5 heteroatoms. The Kier molecular flexibility index (Phi) is 1.83. The van der Waals surface area contributed by atoms with Crippen LogP contribution in [0.4, 0.5) is 0 Å². The number of fused-ring (bicyclic) bond motifs is 5. The molecule has 0 saturated heterocycles. The predicted octanol–water partition coefficient (Wildman–Crippen LogP) is 3.43. The summed E-state index contributed by atoms with van der Waals surface area (Å²) in [6, 6.07) is 6.57. The van der Waals surface area contributed by atoms with E-state index in [1.807, 2.05) is 4.52 Å². The maximum atomic E-state index is 4.69. The van der Waals surface area contributed by atoms with Gasteiger partial charge in [0.25, 0.3) is 0 Å². The van der Waals surface area contributed by atoms with Crippen molar-refractivity contribution in [1.82, 2.24) is 14.6 Å².